The second kappa shape index (κ2) is 6.34. The van der Waals surface area contributed by atoms with Gasteiger partial charge in [-0.25, -0.2) is 0 Å². The monoisotopic (exact) mass is 302 g/mol. The third kappa shape index (κ3) is 3.99. The summed E-state index contributed by atoms with van der Waals surface area (Å²) in [5.74, 6) is 0. The normalized spacial score (nSPS) is 10.7. The molecule has 90 valence electrons. The number of rotatable bonds is 4. The molecule has 0 fully saturated rings. The van der Waals surface area contributed by atoms with Crippen molar-refractivity contribution in [3.05, 3.63) is 71.8 Å². The Kier molecular flexibility index (Phi) is 4.52. The average Bonchev–Trinajstić information content (AvgIpc) is 2.40. The average molecular weight is 301 g/mol. The van der Waals surface area contributed by atoms with Crippen LogP contribution in [0, 0.1) is 6.92 Å². The Morgan fingerprint density at radius 2 is 1.67 bits per heavy atom. The maximum absolute atomic E-state index is 11.8. The van der Waals surface area contributed by atoms with Gasteiger partial charge in [0, 0.05) is 0 Å². The quantitative estimate of drug-likeness (QED) is 0.626. The van der Waals surface area contributed by atoms with Crippen LogP contribution < -0.4 is 4.46 Å². The predicted octanol–water partition coefficient (Wildman–Crippen LogP) is 2.56. The summed E-state index contributed by atoms with van der Waals surface area (Å²) in [6.45, 7) is 2.05. The van der Waals surface area contributed by atoms with Gasteiger partial charge in [0.1, 0.15) is 0 Å². The minimum atomic E-state index is -0.126. The van der Waals surface area contributed by atoms with E-state index < -0.39 is 0 Å². The molecule has 1 nitrogen and oxygen atoms in total. The number of benzene rings is 2. The van der Waals surface area contributed by atoms with Gasteiger partial charge >= 0.3 is 114 Å². The summed E-state index contributed by atoms with van der Waals surface area (Å²) in [6.07, 6.45) is 3.55. The van der Waals surface area contributed by atoms with Gasteiger partial charge in [0.2, 0.25) is 0 Å². The molecule has 0 bridgehead atoms. The third-order valence-electron chi connectivity index (χ3n) is 2.45. The molecule has 0 N–H and O–H groups in total. The van der Waals surface area contributed by atoms with Crippen LogP contribution in [-0.4, -0.2) is 19.6 Å². The molecule has 18 heavy (non-hydrogen) atoms. The summed E-state index contributed by atoms with van der Waals surface area (Å²) < 4.78 is 1.31. The Balaban J connectivity index is 1.97. The van der Waals surface area contributed by atoms with Gasteiger partial charge in [-0.3, -0.25) is 0 Å². The molecule has 2 heteroatoms. The van der Waals surface area contributed by atoms with Crippen molar-refractivity contribution >= 4 is 30.2 Å². The van der Waals surface area contributed by atoms with Crippen LogP contribution in [0.15, 0.2) is 60.7 Å². The predicted molar refractivity (Wildman–Crippen MR) is 77.1 cm³/mol. The zero-order chi connectivity index (χ0) is 12.8. The van der Waals surface area contributed by atoms with Crippen molar-refractivity contribution in [2.45, 2.75) is 6.92 Å². The Morgan fingerprint density at radius 1 is 1.00 bits per heavy atom. The molecule has 0 unspecified atom stereocenters. The van der Waals surface area contributed by atoms with E-state index in [1.165, 1.54) is 5.56 Å². The second-order valence-corrected chi connectivity index (χ2v) is 6.24. The first kappa shape index (κ1) is 12.8. The summed E-state index contributed by atoms with van der Waals surface area (Å²) in [5, 5.41) is 0. The zero-order valence-electron chi connectivity index (χ0n) is 10.2. The molecule has 0 atom stereocenters. The molecular weight excluding hydrogens is 287 g/mol. The van der Waals surface area contributed by atoms with E-state index in [9.17, 15) is 4.79 Å². The van der Waals surface area contributed by atoms with Crippen LogP contribution in [0.5, 0.6) is 0 Å². The van der Waals surface area contributed by atoms with Gasteiger partial charge in [0.05, 0.1) is 0 Å². The van der Waals surface area contributed by atoms with Gasteiger partial charge in [-0.15, -0.1) is 0 Å². The van der Waals surface area contributed by atoms with E-state index >= 15 is 0 Å². The number of carbonyl (C=O) groups is 1. The molecule has 0 aliphatic heterocycles. The Labute approximate surface area is 114 Å². The molecule has 0 radical (unpaired) electrons. The van der Waals surface area contributed by atoms with E-state index in [2.05, 4.69) is 0 Å². The SMILES string of the molecule is Cc1ccc([Se]C(=O)/C=C/c2ccccc2)cc1. The first-order valence-electron chi connectivity index (χ1n) is 5.76. The fourth-order valence-electron chi connectivity index (χ4n) is 1.48. The second-order valence-electron chi connectivity index (χ2n) is 3.98. The van der Waals surface area contributed by atoms with E-state index in [1.54, 1.807) is 6.08 Å². The summed E-state index contributed by atoms with van der Waals surface area (Å²) in [6, 6.07) is 18.0. The number of carbonyl (C=O) groups excluding carboxylic acids is 1. The van der Waals surface area contributed by atoms with Crippen LogP contribution in [0.25, 0.3) is 6.08 Å². The van der Waals surface area contributed by atoms with Crippen molar-refractivity contribution in [3.8, 4) is 0 Å². The molecule has 2 aromatic rings. The Morgan fingerprint density at radius 3 is 2.33 bits per heavy atom. The molecule has 2 rings (SSSR count). The van der Waals surface area contributed by atoms with Gasteiger partial charge in [-0.1, -0.05) is 0 Å². The third-order valence-corrected chi connectivity index (χ3v) is 4.22. The molecule has 0 amide bonds. The van der Waals surface area contributed by atoms with Gasteiger partial charge < -0.3 is 0 Å². The topological polar surface area (TPSA) is 17.1 Å². The van der Waals surface area contributed by atoms with Crippen molar-refractivity contribution in [1.29, 1.82) is 0 Å². The number of hydrogen-bond acceptors (Lipinski definition) is 1. The van der Waals surface area contributed by atoms with Crippen LogP contribution >= 0.6 is 0 Å². The van der Waals surface area contributed by atoms with Crippen molar-refractivity contribution in [1.82, 2.24) is 0 Å². The van der Waals surface area contributed by atoms with E-state index in [1.807, 2.05) is 67.6 Å². The van der Waals surface area contributed by atoms with Crippen LogP contribution in [0.2, 0.25) is 0 Å². The first-order chi connectivity index (χ1) is 8.74. The molecule has 0 heterocycles. The van der Waals surface area contributed by atoms with E-state index in [0.29, 0.717) is 0 Å². The molecule has 0 saturated heterocycles. The summed E-state index contributed by atoms with van der Waals surface area (Å²) in [4.78, 5) is 11.8. The fourth-order valence-corrected chi connectivity index (χ4v) is 2.83. The first-order valence-corrected chi connectivity index (χ1v) is 7.47. The molecule has 0 aromatic heterocycles. The summed E-state index contributed by atoms with van der Waals surface area (Å²) in [5.41, 5.74) is 2.28. The van der Waals surface area contributed by atoms with Crippen molar-refractivity contribution in [3.63, 3.8) is 0 Å². The fraction of sp³-hybridized carbons (Fsp3) is 0.0625. The number of aryl methyl sites for hydroxylation is 1. The standard InChI is InChI=1S/C16H14OSe/c1-13-7-10-15(11-8-13)18-16(17)12-9-14-5-3-2-4-6-14/h2-12H,1H3/b12-9+. The molecule has 0 aliphatic carbocycles. The van der Waals surface area contributed by atoms with E-state index in [-0.39, 0.29) is 19.6 Å². The van der Waals surface area contributed by atoms with Crippen LogP contribution in [0.1, 0.15) is 11.1 Å². The Hall–Kier alpha value is -1.63. The van der Waals surface area contributed by atoms with Crippen molar-refractivity contribution in [2.24, 2.45) is 0 Å². The number of hydrogen-bond donors (Lipinski definition) is 0. The molecule has 2 aromatic carbocycles. The van der Waals surface area contributed by atoms with E-state index in [0.717, 1.165) is 10.0 Å². The maximum atomic E-state index is 11.8. The van der Waals surface area contributed by atoms with E-state index in [4.69, 9.17) is 0 Å². The van der Waals surface area contributed by atoms with Crippen LogP contribution in [0.4, 0.5) is 0 Å². The van der Waals surface area contributed by atoms with Gasteiger partial charge in [-0.2, -0.15) is 0 Å². The van der Waals surface area contributed by atoms with Crippen molar-refractivity contribution < 1.29 is 4.79 Å². The van der Waals surface area contributed by atoms with Crippen LogP contribution in [-0.2, 0) is 4.79 Å². The van der Waals surface area contributed by atoms with Gasteiger partial charge in [0.15, 0.2) is 0 Å². The number of allylic oxidation sites excluding steroid dienone is 1. The Bertz CT molecular complexity index is 541. The molecule has 0 saturated carbocycles. The zero-order valence-corrected chi connectivity index (χ0v) is 11.9. The molecule has 0 aliphatic rings. The van der Waals surface area contributed by atoms with Gasteiger partial charge in [-0.05, 0) is 0 Å². The van der Waals surface area contributed by atoms with Gasteiger partial charge in [0.25, 0.3) is 0 Å². The van der Waals surface area contributed by atoms with Crippen LogP contribution in [0.3, 0.4) is 0 Å². The van der Waals surface area contributed by atoms with Crippen molar-refractivity contribution in [2.75, 3.05) is 0 Å². The summed E-state index contributed by atoms with van der Waals surface area (Å²) in [7, 11) is 0. The molecular formula is C16H14OSe. The minimum absolute atomic E-state index is 0.126. The summed E-state index contributed by atoms with van der Waals surface area (Å²) >= 11 is -0.126. The molecule has 0 spiro atoms.